The topological polar surface area (TPSA) is 78.5 Å². The molecule has 6 nitrogen and oxygen atoms in total. The number of rotatable bonds is 8. The van der Waals surface area contributed by atoms with Crippen molar-refractivity contribution in [1.29, 1.82) is 0 Å². The number of piperidine rings is 1. The van der Waals surface area contributed by atoms with Crippen molar-refractivity contribution in [1.82, 2.24) is 15.5 Å². The number of halogens is 3. The molecule has 0 radical (unpaired) electrons. The van der Waals surface area contributed by atoms with Gasteiger partial charge in [0.25, 0.3) is 11.8 Å². The van der Waals surface area contributed by atoms with Crippen LogP contribution in [0.5, 0.6) is 0 Å². The lowest BCUT2D eigenvalue weighted by molar-refractivity contribution is -0.136. The molecular formula is C24H28F3N3O3. The molecule has 0 bridgehead atoms. The van der Waals surface area contributed by atoms with Gasteiger partial charge in [0, 0.05) is 37.4 Å². The summed E-state index contributed by atoms with van der Waals surface area (Å²) in [5.74, 6) is -4.87. The molecular weight excluding hydrogens is 435 g/mol. The van der Waals surface area contributed by atoms with E-state index in [0.29, 0.717) is 38.0 Å². The molecule has 178 valence electrons. The minimum Gasteiger partial charge on any atom is -0.322 e. The van der Waals surface area contributed by atoms with Gasteiger partial charge in [-0.15, -0.1) is 0 Å². The van der Waals surface area contributed by atoms with E-state index in [-0.39, 0.29) is 49.7 Å². The summed E-state index contributed by atoms with van der Waals surface area (Å²) in [4.78, 5) is 37.7. The van der Waals surface area contributed by atoms with Crippen LogP contribution in [0.2, 0.25) is 0 Å². The largest absolute Gasteiger partial charge is 0.322 e. The van der Waals surface area contributed by atoms with Gasteiger partial charge in [-0.1, -0.05) is 18.2 Å². The second-order valence-electron chi connectivity index (χ2n) is 9.06. The number of carbonyl (C=O) groups excluding carboxylic acids is 3. The highest BCUT2D eigenvalue weighted by Gasteiger charge is 2.40. The minimum atomic E-state index is -2.80. The van der Waals surface area contributed by atoms with Crippen LogP contribution >= 0.6 is 0 Å². The summed E-state index contributed by atoms with van der Waals surface area (Å²) in [6.45, 7) is 1.20. The zero-order chi connectivity index (χ0) is 23.6. The van der Waals surface area contributed by atoms with Crippen molar-refractivity contribution in [3.05, 3.63) is 46.8 Å². The van der Waals surface area contributed by atoms with Gasteiger partial charge in [0.15, 0.2) is 0 Å². The maximum atomic E-state index is 14.3. The summed E-state index contributed by atoms with van der Waals surface area (Å²) in [5.41, 5.74) is 2.28. The molecule has 4 rings (SSSR count). The molecule has 1 aromatic carbocycles. The zero-order valence-corrected chi connectivity index (χ0v) is 18.3. The highest BCUT2D eigenvalue weighted by atomic mass is 19.3. The van der Waals surface area contributed by atoms with Crippen molar-refractivity contribution < 1.29 is 27.6 Å². The standard InChI is InChI=1S/C24H28F3N3O3/c25-18-5-3-17(4-6-18)24(26,27)10-1-11-28-13-15-2-7-19-16(12-15)14-30(23(19)33)20-8-9-21(31)29-22(20)32/h2,5,7,12,17,20,28H,1,3-4,6,8-11,13-14H2,(H,29,31,32). The molecule has 2 heterocycles. The van der Waals surface area contributed by atoms with Crippen LogP contribution in [-0.4, -0.2) is 41.1 Å². The van der Waals surface area contributed by atoms with E-state index in [4.69, 9.17) is 0 Å². The molecule has 0 spiro atoms. The monoisotopic (exact) mass is 463 g/mol. The summed E-state index contributed by atoms with van der Waals surface area (Å²) < 4.78 is 41.8. The van der Waals surface area contributed by atoms with E-state index in [1.165, 1.54) is 11.0 Å². The smallest absolute Gasteiger partial charge is 0.255 e. The van der Waals surface area contributed by atoms with Crippen molar-refractivity contribution in [3.63, 3.8) is 0 Å². The molecule has 33 heavy (non-hydrogen) atoms. The number of amides is 3. The van der Waals surface area contributed by atoms with E-state index in [2.05, 4.69) is 10.6 Å². The Kier molecular flexibility index (Phi) is 6.88. The molecule has 9 heteroatoms. The second-order valence-corrected chi connectivity index (χ2v) is 9.06. The van der Waals surface area contributed by atoms with Gasteiger partial charge in [-0.05, 0) is 55.8 Å². The van der Waals surface area contributed by atoms with E-state index in [1.54, 1.807) is 6.07 Å². The van der Waals surface area contributed by atoms with Crippen molar-refractivity contribution in [2.45, 2.75) is 70.0 Å². The van der Waals surface area contributed by atoms with Crippen LogP contribution in [0.25, 0.3) is 0 Å². The molecule has 2 unspecified atom stereocenters. The third kappa shape index (κ3) is 5.29. The van der Waals surface area contributed by atoms with E-state index in [9.17, 15) is 27.6 Å². The lowest BCUT2D eigenvalue weighted by Crippen LogP contribution is -2.52. The van der Waals surface area contributed by atoms with Gasteiger partial charge in [0.1, 0.15) is 6.04 Å². The fraction of sp³-hybridized carbons (Fsp3) is 0.542. The van der Waals surface area contributed by atoms with Gasteiger partial charge in [-0.2, -0.15) is 0 Å². The SMILES string of the molecule is O=C1CCC(N2Cc3cc(CNCCCC(F)(F)C4CC=C(F)CC4)ccc3C2=O)C(=O)N1. The van der Waals surface area contributed by atoms with Crippen molar-refractivity contribution in [2.24, 2.45) is 5.92 Å². The van der Waals surface area contributed by atoms with Crippen LogP contribution in [0.4, 0.5) is 13.2 Å². The first-order valence-corrected chi connectivity index (χ1v) is 11.4. The number of allylic oxidation sites excluding steroid dienone is 2. The molecule has 3 aliphatic rings. The number of benzene rings is 1. The predicted molar refractivity (Wildman–Crippen MR) is 115 cm³/mol. The molecule has 3 amide bonds. The lowest BCUT2D eigenvalue weighted by atomic mass is 9.86. The minimum absolute atomic E-state index is 0.0932. The molecule has 1 aromatic rings. The Morgan fingerprint density at radius 1 is 1.15 bits per heavy atom. The number of hydrogen-bond donors (Lipinski definition) is 2. The van der Waals surface area contributed by atoms with Gasteiger partial charge in [0.05, 0.1) is 5.83 Å². The van der Waals surface area contributed by atoms with Gasteiger partial charge in [-0.25, -0.2) is 13.2 Å². The van der Waals surface area contributed by atoms with Crippen molar-refractivity contribution in [2.75, 3.05) is 6.54 Å². The summed E-state index contributed by atoms with van der Waals surface area (Å²) in [7, 11) is 0. The molecule has 0 saturated carbocycles. The Morgan fingerprint density at radius 2 is 1.97 bits per heavy atom. The Morgan fingerprint density at radius 3 is 2.70 bits per heavy atom. The van der Waals surface area contributed by atoms with Crippen LogP contribution in [0.1, 0.15) is 66.4 Å². The van der Waals surface area contributed by atoms with Crippen molar-refractivity contribution >= 4 is 17.7 Å². The van der Waals surface area contributed by atoms with Gasteiger partial charge in [0.2, 0.25) is 11.8 Å². The van der Waals surface area contributed by atoms with Gasteiger partial charge < -0.3 is 10.2 Å². The zero-order valence-electron chi connectivity index (χ0n) is 18.3. The highest BCUT2D eigenvalue weighted by molar-refractivity contribution is 6.05. The number of fused-ring (bicyclic) bond motifs is 1. The van der Waals surface area contributed by atoms with Gasteiger partial charge in [-0.3, -0.25) is 19.7 Å². The molecule has 2 atom stereocenters. The number of imide groups is 1. The average Bonchev–Trinajstić information content (AvgIpc) is 3.09. The second kappa shape index (κ2) is 9.67. The number of nitrogens with one attached hydrogen (secondary N) is 2. The number of nitrogens with zero attached hydrogens (tertiary/aromatic N) is 1. The molecule has 0 aromatic heterocycles. The van der Waals surface area contributed by atoms with Crippen LogP contribution in [0, 0.1) is 5.92 Å². The first kappa shape index (κ1) is 23.5. The predicted octanol–water partition coefficient (Wildman–Crippen LogP) is 3.61. The average molecular weight is 464 g/mol. The van der Waals surface area contributed by atoms with E-state index in [1.807, 2.05) is 12.1 Å². The molecule has 2 N–H and O–H groups in total. The summed E-state index contributed by atoms with van der Waals surface area (Å²) in [6.07, 6.45) is 2.25. The van der Waals surface area contributed by atoms with Crippen LogP contribution in [0.15, 0.2) is 30.1 Å². The quantitative estimate of drug-likeness (QED) is 0.456. The Hall–Kier alpha value is -2.68. The normalized spacial score (nSPS) is 23.4. The number of carbonyl (C=O) groups is 3. The Bertz CT molecular complexity index is 979. The summed E-state index contributed by atoms with van der Waals surface area (Å²) in [5, 5.41) is 5.45. The molecule has 1 aliphatic carbocycles. The van der Waals surface area contributed by atoms with E-state index >= 15 is 0 Å². The van der Waals surface area contributed by atoms with Crippen LogP contribution < -0.4 is 10.6 Å². The Labute approximate surface area is 190 Å². The number of hydrogen-bond acceptors (Lipinski definition) is 4. The Balaban J connectivity index is 1.25. The molecule has 1 saturated heterocycles. The lowest BCUT2D eigenvalue weighted by Gasteiger charge is -2.29. The first-order valence-electron chi connectivity index (χ1n) is 11.4. The molecule has 1 fully saturated rings. The first-order chi connectivity index (χ1) is 15.7. The fourth-order valence-corrected chi connectivity index (χ4v) is 4.81. The highest BCUT2D eigenvalue weighted by Crippen LogP contribution is 2.39. The third-order valence-corrected chi connectivity index (χ3v) is 6.73. The maximum Gasteiger partial charge on any atom is 0.255 e. The fourth-order valence-electron chi connectivity index (χ4n) is 4.81. The van der Waals surface area contributed by atoms with E-state index in [0.717, 1.165) is 11.1 Å². The van der Waals surface area contributed by atoms with Gasteiger partial charge >= 0.3 is 0 Å². The summed E-state index contributed by atoms with van der Waals surface area (Å²) >= 11 is 0. The van der Waals surface area contributed by atoms with Crippen LogP contribution in [-0.2, 0) is 22.7 Å². The van der Waals surface area contributed by atoms with E-state index < -0.39 is 23.8 Å². The number of alkyl halides is 2. The third-order valence-electron chi connectivity index (χ3n) is 6.73. The maximum absolute atomic E-state index is 14.3. The van der Waals surface area contributed by atoms with Crippen LogP contribution in [0.3, 0.4) is 0 Å². The summed E-state index contributed by atoms with van der Waals surface area (Å²) in [6, 6.07) is 4.78. The van der Waals surface area contributed by atoms with Crippen molar-refractivity contribution in [3.8, 4) is 0 Å². The molecule has 2 aliphatic heterocycles.